The summed E-state index contributed by atoms with van der Waals surface area (Å²) >= 11 is 0. The Morgan fingerprint density at radius 1 is 1.29 bits per heavy atom. The van der Waals surface area contributed by atoms with Gasteiger partial charge >= 0.3 is 5.97 Å². The first-order chi connectivity index (χ1) is 8.27. The molecular formula is C15H20O2. The van der Waals surface area contributed by atoms with Gasteiger partial charge in [-0.05, 0) is 18.9 Å². The molecule has 0 amide bonds. The number of rotatable bonds is 3. The van der Waals surface area contributed by atoms with Gasteiger partial charge in [-0.2, -0.15) is 0 Å². The first-order valence-electron chi connectivity index (χ1n) is 6.46. The van der Waals surface area contributed by atoms with Gasteiger partial charge in [0, 0.05) is 18.4 Å². The molecule has 92 valence electrons. The monoisotopic (exact) mass is 232 g/mol. The Kier molecular flexibility index (Phi) is 3.82. The molecule has 2 aliphatic carbocycles. The van der Waals surface area contributed by atoms with Crippen LogP contribution in [0, 0.1) is 5.92 Å². The molecule has 1 atom stereocenters. The zero-order valence-electron chi connectivity index (χ0n) is 10.2. The third kappa shape index (κ3) is 2.68. The average Bonchev–Trinajstić information content (AvgIpc) is 2.40. The molecule has 0 saturated heterocycles. The highest BCUT2D eigenvalue weighted by Crippen LogP contribution is 2.40. The quantitative estimate of drug-likeness (QED) is 0.549. The van der Waals surface area contributed by atoms with Crippen LogP contribution >= 0.6 is 0 Å². The Balaban J connectivity index is 2.16. The van der Waals surface area contributed by atoms with Crippen molar-refractivity contribution < 1.29 is 9.53 Å². The van der Waals surface area contributed by atoms with E-state index in [0.29, 0.717) is 5.92 Å². The Bertz CT molecular complexity index is 348. The van der Waals surface area contributed by atoms with Crippen molar-refractivity contribution in [3.63, 3.8) is 0 Å². The number of carbonyl (C=O) groups excluding carboxylic acids is 1. The second kappa shape index (κ2) is 5.35. The molecule has 2 rings (SSSR count). The number of ether oxygens (including phenoxy) is 1. The van der Waals surface area contributed by atoms with Crippen molar-refractivity contribution in [3.8, 4) is 0 Å². The van der Waals surface area contributed by atoms with Crippen LogP contribution in [0.4, 0.5) is 0 Å². The molecule has 0 aromatic heterocycles. The molecule has 2 nitrogen and oxygen atoms in total. The SMILES string of the molecule is C=CC(=O)OC1(C2CCCCC2)C=CC=CC1. The van der Waals surface area contributed by atoms with Gasteiger partial charge in [0.2, 0.25) is 0 Å². The summed E-state index contributed by atoms with van der Waals surface area (Å²) in [5.74, 6) is 0.150. The third-order valence-corrected chi connectivity index (χ3v) is 3.82. The van der Waals surface area contributed by atoms with Crippen LogP contribution in [0.2, 0.25) is 0 Å². The summed E-state index contributed by atoms with van der Waals surface area (Å²) in [6.45, 7) is 3.49. The topological polar surface area (TPSA) is 26.3 Å². The van der Waals surface area contributed by atoms with Gasteiger partial charge in [-0.1, -0.05) is 44.1 Å². The van der Waals surface area contributed by atoms with Gasteiger partial charge in [-0.3, -0.25) is 0 Å². The molecule has 1 unspecified atom stereocenters. The van der Waals surface area contributed by atoms with E-state index in [9.17, 15) is 4.79 Å². The Labute approximate surface area is 103 Å². The van der Waals surface area contributed by atoms with Gasteiger partial charge in [-0.25, -0.2) is 4.79 Å². The number of hydrogen-bond donors (Lipinski definition) is 0. The van der Waals surface area contributed by atoms with Gasteiger partial charge in [0.1, 0.15) is 5.60 Å². The summed E-state index contributed by atoms with van der Waals surface area (Å²) in [4.78, 5) is 11.5. The third-order valence-electron chi connectivity index (χ3n) is 3.82. The highest BCUT2D eigenvalue weighted by atomic mass is 16.6. The molecule has 0 N–H and O–H groups in total. The molecular weight excluding hydrogens is 212 g/mol. The smallest absolute Gasteiger partial charge is 0.331 e. The van der Waals surface area contributed by atoms with Gasteiger partial charge < -0.3 is 4.74 Å². The highest BCUT2D eigenvalue weighted by Gasteiger charge is 2.40. The maximum absolute atomic E-state index is 11.5. The van der Waals surface area contributed by atoms with E-state index in [-0.39, 0.29) is 5.97 Å². The molecule has 0 bridgehead atoms. The van der Waals surface area contributed by atoms with Crippen molar-refractivity contribution in [2.24, 2.45) is 5.92 Å². The highest BCUT2D eigenvalue weighted by molar-refractivity contribution is 5.81. The van der Waals surface area contributed by atoms with Crippen molar-refractivity contribution in [2.75, 3.05) is 0 Å². The summed E-state index contributed by atoms with van der Waals surface area (Å²) in [6.07, 6.45) is 16.3. The number of esters is 1. The van der Waals surface area contributed by atoms with Gasteiger partial charge in [0.05, 0.1) is 0 Å². The Hall–Kier alpha value is -1.31. The zero-order valence-corrected chi connectivity index (χ0v) is 10.2. The van der Waals surface area contributed by atoms with Crippen molar-refractivity contribution in [2.45, 2.75) is 44.1 Å². The van der Waals surface area contributed by atoms with Crippen LogP contribution in [0.5, 0.6) is 0 Å². The largest absolute Gasteiger partial charge is 0.451 e. The molecule has 0 heterocycles. The lowest BCUT2D eigenvalue weighted by molar-refractivity contribution is -0.154. The fourth-order valence-corrected chi connectivity index (χ4v) is 2.90. The lowest BCUT2D eigenvalue weighted by Gasteiger charge is -2.40. The Morgan fingerprint density at radius 2 is 2.06 bits per heavy atom. The van der Waals surface area contributed by atoms with Gasteiger partial charge in [-0.15, -0.1) is 0 Å². The van der Waals surface area contributed by atoms with E-state index in [1.165, 1.54) is 25.3 Å². The summed E-state index contributed by atoms with van der Waals surface area (Å²) in [7, 11) is 0. The van der Waals surface area contributed by atoms with Crippen molar-refractivity contribution in [1.82, 2.24) is 0 Å². The summed E-state index contributed by atoms with van der Waals surface area (Å²) < 4.78 is 5.67. The zero-order chi connectivity index (χ0) is 12.1. The molecule has 0 aromatic carbocycles. The van der Waals surface area contributed by atoms with Gasteiger partial charge in [0.25, 0.3) is 0 Å². The molecule has 0 aliphatic heterocycles. The maximum Gasteiger partial charge on any atom is 0.331 e. The van der Waals surface area contributed by atoms with Crippen molar-refractivity contribution >= 4 is 5.97 Å². The summed E-state index contributed by atoms with van der Waals surface area (Å²) in [6, 6.07) is 0. The molecule has 0 aromatic rings. The van der Waals surface area contributed by atoms with Crippen LogP contribution in [0.15, 0.2) is 37.0 Å². The molecule has 17 heavy (non-hydrogen) atoms. The minimum absolute atomic E-state index is 0.310. The predicted octanol–water partition coefficient (Wildman–Crippen LogP) is 3.55. The number of hydrogen-bond acceptors (Lipinski definition) is 2. The molecule has 0 radical (unpaired) electrons. The van der Waals surface area contributed by atoms with E-state index in [0.717, 1.165) is 19.3 Å². The van der Waals surface area contributed by atoms with Gasteiger partial charge in [0.15, 0.2) is 0 Å². The Morgan fingerprint density at radius 3 is 2.65 bits per heavy atom. The van der Waals surface area contributed by atoms with Crippen LogP contribution in [0.3, 0.4) is 0 Å². The minimum Gasteiger partial charge on any atom is -0.451 e. The van der Waals surface area contributed by atoms with Crippen LogP contribution in [-0.2, 0) is 9.53 Å². The lowest BCUT2D eigenvalue weighted by atomic mass is 9.74. The minimum atomic E-state index is -0.416. The van der Waals surface area contributed by atoms with Crippen LogP contribution in [0.1, 0.15) is 38.5 Å². The average molecular weight is 232 g/mol. The van der Waals surface area contributed by atoms with E-state index >= 15 is 0 Å². The van der Waals surface area contributed by atoms with E-state index in [1.807, 2.05) is 12.2 Å². The van der Waals surface area contributed by atoms with Crippen LogP contribution in [-0.4, -0.2) is 11.6 Å². The predicted molar refractivity (Wildman–Crippen MR) is 68.5 cm³/mol. The fraction of sp³-hybridized carbons (Fsp3) is 0.533. The standard InChI is InChI=1S/C15H20O2/c1-2-14(16)17-15(11-7-4-8-12-15)13-9-5-3-6-10-13/h2,4,7-8,11,13H,1,3,5-6,9-10,12H2. The normalized spacial score (nSPS) is 28.9. The van der Waals surface area contributed by atoms with Crippen molar-refractivity contribution in [3.05, 3.63) is 37.0 Å². The second-order valence-electron chi connectivity index (χ2n) is 4.91. The molecule has 2 heteroatoms. The number of carbonyl (C=O) groups is 1. The molecule has 0 spiro atoms. The molecule has 1 saturated carbocycles. The van der Waals surface area contributed by atoms with E-state index in [1.54, 1.807) is 0 Å². The van der Waals surface area contributed by atoms with E-state index in [4.69, 9.17) is 4.74 Å². The number of allylic oxidation sites excluding steroid dienone is 2. The second-order valence-corrected chi connectivity index (χ2v) is 4.91. The molecule has 1 fully saturated rings. The fourth-order valence-electron chi connectivity index (χ4n) is 2.90. The first kappa shape index (κ1) is 12.2. The van der Waals surface area contributed by atoms with Crippen LogP contribution in [0.25, 0.3) is 0 Å². The summed E-state index contributed by atoms with van der Waals surface area (Å²) in [5.41, 5.74) is -0.416. The van der Waals surface area contributed by atoms with Crippen LogP contribution < -0.4 is 0 Å². The van der Waals surface area contributed by atoms with E-state index in [2.05, 4.69) is 18.7 Å². The first-order valence-corrected chi connectivity index (χ1v) is 6.46. The van der Waals surface area contributed by atoms with E-state index < -0.39 is 5.60 Å². The summed E-state index contributed by atoms with van der Waals surface area (Å²) in [5, 5.41) is 0. The molecule has 2 aliphatic rings. The van der Waals surface area contributed by atoms with Crippen molar-refractivity contribution in [1.29, 1.82) is 0 Å². The lowest BCUT2D eigenvalue weighted by Crippen LogP contribution is -2.42. The maximum atomic E-state index is 11.5.